The summed E-state index contributed by atoms with van der Waals surface area (Å²) in [6.45, 7) is 13.4. The Labute approximate surface area is 147 Å². The largest absolute Gasteiger partial charge is 0.361 e. The van der Waals surface area contributed by atoms with Crippen LogP contribution in [0.5, 0.6) is 0 Å². The molecule has 0 amide bonds. The van der Waals surface area contributed by atoms with E-state index >= 15 is 0 Å². The van der Waals surface area contributed by atoms with Gasteiger partial charge in [0, 0.05) is 11.1 Å². The first-order chi connectivity index (χ1) is 11.3. The molecule has 0 saturated carbocycles. The van der Waals surface area contributed by atoms with Gasteiger partial charge in [-0.2, -0.15) is 0 Å². The molecule has 1 aliphatic rings. The number of hydrogen-bond acceptors (Lipinski definition) is 3. The van der Waals surface area contributed by atoms with E-state index in [1.54, 1.807) is 0 Å². The van der Waals surface area contributed by atoms with Crippen LogP contribution in [0.3, 0.4) is 0 Å². The Morgan fingerprint density at radius 1 is 1.12 bits per heavy atom. The third kappa shape index (κ3) is 3.84. The average Bonchev–Trinajstić information content (AvgIpc) is 2.51. The number of hydrogen-bond donors (Lipinski definition) is 2. The summed E-state index contributed by atoms with van der Waals surface area (Å²) in [4.78, 5) is 0. The van der Waals surface area contributed by atoms with Gasteiger partial charge < -0.3 is 15.2 Å². The van der Waals surface area contributed by atoms with Crippen LogP contribution in [-0.4, -0.2) is 23.3 Å². The number of morpholine rings is 1. The van der Waals surface area contributed by atoms with Crippen molar-refractivity contribution >= 4 is 0 Å². The minimum absolute atomic E-state index is 0.118. The van der Waals surface area contributed by atoms with Crippen molar-refractivity contribution in [2.24, 2.45) is 0 Å². The van der Waals surface area contributed by atoms with Gasteiger partial charge >= 0.3 is 0 Å². The van der Waals surface area contributed by atoms with Crippen LogP contribution in [0.25, 0.3) is 0 Å². The van der Waals surface area contributed by atoms with Crippen LogP contribution in [0.4, 0.5) is 0 Å². The number of benzene rings is 1. The van der Waals surface area contributed by atoms with Crippen LogP contribution in [0.15, 0.2) is 12.1 Å². The van der Waals surface area contributed by atoms with Gasteiger partial charge in [-0.25, -0.2) is 0 Å². The minimum Gasteiger partial charge on any atom is -0.361 e. The maximum Gasteiger partial charge on any atom is 0.208 e. The first kappa shape index (κ1) is 19.4. The van der Waals surface area contributed by atoms with Crippen LogP contribution < -0.4 is 5.32 Å². The quantitative estimate of drug-likeness (QED) is 0.824. The van der Waals surface area contributed by atoms with Crippen molar-refractivity contribution in [3.05, 3.63) is 34.4 Å². The average molecular weight is 334 g/mol. The zero-order valence-corrected chi connectivity index (χ0v) is 16.3. The summed E-state index contributed by atoms with van der Waals surface area (Å²) in [5.74, 6) is -1.26. The summed E-state index contributed by atoms with van der Waals surface area (Å²) in [5, 5.41) is 14.8. The molecule has 1 aliphatic heterocycles. The van der Waals surface area contributed by atoms with Gasteiger partial charge in [-0.1, -0.05) is 45.7 Å². The summed E-state index contributed by atoms with van der Waals surface area (Å²) in [5.41, 5.74) is 4.99. The second-order valence-electron chi connectivity index (χ2n) is 7.86. The highest BCUT2D eigenvalue weighted by molar-refractivity contribution is 5.42. The second kappa shape index (κ2) is 7.55. The van der Waals surface area contributed by atoms with E-state index in [1.807, 2.05) is 6.92 Å². The molecule has 2 N–H and O–H groups in total. The normalized spacial score (nSPS) is 26.5. The number of rotatable bonds is 6. The Bertz CT molecular complexity index is 540. The van der Waals surface area contributed by atoms with Crippen molar-refractivity contribution < 1.29 is 9.84 Å². The number of aliphatic hydroxyl groups is 1. The SMILES string of the molecule is CCCc1cc(C2(O)OCC(C)(C)NC2C)cc(CCC)c1CC. The Hall–Kier alpha value is -0.900. The number of nitrogens with one attached hydrogen (secondary N) is 1. The van der Waals surface area contributed by atoms with Gasteiger partial charge in [0.25, 0.3) is 0 Å². The molecule has 1 saturated heterocycles. The fourth-order valence-corrected chi connectivity index (χ4v) is 3.92. The lowest BCUT2D eigenvalue weighted by molar-refractivity contribution is -0.263. The van der Waals surface area contributed by atoms with E-state index in [2.05, 4.69) is 52.1 Å². The molecule has 3 heteroatoms. The van der Waals surface area contributed by atoms with Crippen LogP contribution in [0.1, 0.15) is 76.6 Å². The molecule has 2 atom stereocenters. The molecule has 0 aromatic heterocycles. The summed E-state index contributed by atoms with van der Waals surface area (Å²) in [6, 6.07) is 4.20. The third-order valence-corrected chi connectivity index (χ3v) is 5.09. The molecule has 0 radical (unpaired) electrons. The monoisotopic (exact) mass is 333 g/mol. The number of aryl methyl sites for hydroxylation is 2. The van der Waals surface area contributed by atoms with Gasteiger partial charge in [0.2, 0.25) is 5.79 Å². The van der Waals surface area contributed by atoms with E-state index in [0.717, 1.165) is 37.7 Å². The Morgan fingerprint density at radius 2 is 1.67 bits per heavy atom. The van der Waals surface area contributed by atoms with Gasteiger partial charge in [0.15, 0.2) is 0 Å². The topological polar surface area (TPSA) is 41.5 Å². The van der Waals surface area contributed by atoms with E-state index < -0.39 is 5.79 Å². The lowest BCUT2D eigenvalue weighted by Gasteiger charge is -2.46. The van der Waals surface area contributed by atoms with Gasteiger partial charge in [-0.3, -0.25) is 0 Å². The zero-order chi connectivity index (χ0) is 18.0. The molecule has 136 valence electrons. The second-order valence-corrected chi connectivity index (χ2v) is 7.86. The van der Waals surface area contributed by atoms with E-state index in [-0.39, 0.29) is 11.6 Å². The van der Waals surface area contributed by atoms with Gasteiger partial charge in [-0.05, 0) is 56.7 Å². The summed E-state index contributed by atoms with van der Waals surface area (Å²) < 4.78 is 6.01. The van der Waals surface area contributed by atoms with Crippen molar-refractivity contribution in [3.63, 3.8) is 0 Å². The standard InChI is InChI=1S/C21H35NO2/c1-7-10-16-12-18(13-17(11-8-2)19(16)9-3)21(23)15(4)22-20(5,6)14-24-21/h12-13,15,22-23H,7-11,14H2,1-6H3. The first-order valence-corrected chi connectivity index (χ1v) is 9.56. The molecule has 2 rings (SSSR count). The van der Waals surface area contributed by atoms with E-state index in [0.29, 0.717) is 6.61 Å². The van der Waals surface area contributed by atoms with Crippen molar-refractivity contribution in [3.8, 4) is 0 Å². The fourth-order valence-electron chi connectivity index (χ4n) is 3.92. The summed E-state index contributed by atoms with van der Waals surface area (Å²) in [6.07, 6.45) is 5.38. The van der Waals surface area contributed by atoms with Crippen molar-refractivity contribution in [2.45, 2.75) is 91.0 Å². The minimum atomic E-state index is -1.26. The first-order valence-electron chi connectivity index (χ1n) is 9.56. The molecule has 0 aliphatic carbocycles. The maximum atomic E-state index is 11.3. The van der Waals surface area contributed by atoms with E-state index in [9.17, 15) is 5.11 Å². The molecule has 2 unspecified atom stereocenters. The number of ether oxygens (including phenoxy) is 1. The molecule has 0 spiro atoms. The highest BCUT2D eigenvalue weighted by Crippen LogP contribution is 2.35. The van der Waals surface area contributed by atoms with Gasteiger partial charge in [-0.15, -0.1) is 0 Å². The predicted octanol–water partition coefficient (Wildman–Crippen LogP) is 4.09. The lowest BCUT2D eigenvalue weighted by Crippen LogP contribution is -2.63. The maximum absolute atomic E-state index is 11.3. The van der Waals surface area contributed by atoms with Crippen molar-refractivity contribution in [1.29, 1.82) is 0 Å². The molecule has 1 fully saturated rings. The molecule has 24 heavy (non-hydrogen) atoms. The van der Waals surface area contributed by atoms with E-state index in [1.165, 1.54) is 16.7 Å². The predicted molar refractivity (Wildman–Crippen MR) is 100 cm³/mol. The van der Waals surface area contributed by atoms with Gasteiger partial charge in [0.1, 0.15) is 0 Å². The smallest absolute Gasteiger partial charge is 0.208 e. The Morgan fingerprint density at radius 3 is 2.08 bits per heavy atom. The zero-order valence-electron chi connectivity index (χ0n) is 16.3. The summed E-state index contributed by atoms with van der Waals surface area (Å²) >= 11 is 0. The van der Waals surface area contributed by atoms with Crippen molar-refractivity contribution in [2.75, 3.05) is 6.61 Å². The molecule has 0 bridgehead atoms. The Kier molecular flexibility index (Phi) is 6.11. The highest BCUT2D eigenvalue weighted by atomic mass is 16.6. The van der Waals surface area contributed by atoms with E-state index in [4.69, 9.17) is 4.74 Å². The molecular formula is C21H35NO2. The molecule has 1 aromatic carbocycles. The molecular weight excluding hydrogens is 298 g/mol. The van der Waals surface area contributed by atoms with Crippen LogP contribution in [0.2, 0.25) is 0 Å². The van der Waals surface area contributed by atoms with Crippen LogP contribution in [0, 0.1) is 0 Å². The lowest BCUT2D eigenvalue weighted by atomic mass is 9.86. The van der Waals surface area contributed by atoms with Crippen molar-refractivity contribution in [1.82, 2.24) is 5.32 Å². The molecule has 1 aromatic rings. The highest BCUT2D eigenvalue weighted by Gasteiger charge is 2.45. The van der Waals surface area contributed by atoms with Crippen LogP contribution >= 0.6 is 0 Å². The molecule has 1 heterocycles. The van der Waals surface area contributed by atoms with Gasteiger partial charge in [0.05, 0.1) is 12.6 Å². The summed E-state index contributed by atoms with van der Waals surface area (Å²) in [7, 11) is 0. The molecule has 3 nitrogen and oxygen atoms in total. The third-order valence-electron chi connectivity index (χ3n) is 5.09. The Balaban J connectivity index is 2.49. The fraction of sp³-hybridized carbons (Fsp3) is 0.714. The van der Waals surface area contributed by atoms with Crippen LogP contribution in [-0.2, 0) is 29.8 Å².